The lowest BCUT2D eigenvalue weighted by atomic mass is 9.44. The summed E-state index contributed by atoms with van der Waals surface area (Å²) in [4.78, 5) is 23.8. The Hall–Kier alpha value is -0.900. The van der Waals surface area contributed by atoms with Gasteiger partial charge >= 0.3 is 5.97 Å². The maximum Gasteiger partial charge on any atom is 0.305 e. The van der Waals surface area contributed by atoms with E-state index in [4.69, 9.17) is 4.74 Å². The van der Waals surface area contributed by atoms with Crippen molar-refractivity contribution >= 4 is 11.8 Å². The number of carbonyl (C=O) groups excluding carboxylic acids is 2. The van der Waals surface area contributed by atoms with Crippen molar-refractivity contribution in [2.45, 2.75) is 91.1 Å². The van der Waals surface area contributed by atoms with Gasteiger partial charge in [-0.25, -0.2) is 0 Å². The molecule has 4 aliphatic carbocycles. The molecule has 0 amide bonds. The summed E-state index contributed by atoms with van der Waals surface area (Å²) >= 11 is 0. The van der Waals surface area contributed by atoms with Gasteiger partial charge in [0.25, 0.3) is 0 Å². The third kappa shape index (κ3) is 3.38. The smallest absolute Gasteiger partial charge is 0.305 e. The summed E-state index contributed by atoms with van der Waals surface area (Å²) in [5.74, 6) is 1.39. The molecule has 9 atom stereocenters. The number of methoxy groups -OCH3 is 1. The fourth-order valence-corrected chi connectivity index (χ4v) is 8.34. The summed E-state index contributed by atoms with van der Waals surface area (Å²) in [5.41, 5.74) is 0.0290. The number of hydrogen-bond acceptors (Lipinski definition) is 4. The first-order valence-corrected chi connectivity index (χ1v) is 11.8. The molecule has 0 radical (unpaired) electrons. The Bertz CT molecular complexity index is 709. The Kier molecular flexibility index (Phi) is 5.29. The van der Waals surface area contributed by atoms with Gasteiger partial charge in [0, 0.05) is 20.6 Å². The molecule has 164 valence electrons. The van der Waals surface area contributed by atoms with Crippen molar-refractivity contribution in [3.05, 3.63) is 0 Å². The molecular weight excluding hydrogens is 364 g/mol. The van der Waals surface area contributed by atoms with E-state index < -0.39 is 12.0 Å². The number of hydrogen-bond donors (Lipinski definition) is 1. The van der Waals surface area contributed by atoms with Gasteiger partial charge in [0.2, 0.25) is 0 Å². The molecule has 4 nitrogen and oxygen atoms in total. The quantitative estimate of drug-likeness (QED) is 0.684. The van der Waals surface area contributed by atoms with Crippen molar-refractivity contribution in [3.63, 3.8) is 0 Å². The van der Waals surface area contributed by atoms with Crippen molar-refractivity contribution in [1.82, 2.24) is 0 Å². The lowest BCUT2D eigenvalue weighted by molar-refractivity contribution is -0.169. The van der Waals surface area contributed by atoms with Crippen LogP contribution >= 0.6 is 0 Å². The van der Waals surface area contributed by atoms with Gasteiger partial charge in [-0.05, 0) is 91.3 Å². The summed E-state index contributed by atoms with van der Waals surface area (Å²) in [5, 5.41) is 11.3. The Morgan fingerprint density at radius 1 is 1.24 bits per heavy atom. The maximum atomic E-state index is 12.2. The highest BCUT2D eigenvalue weighted by Crippen LogP contribution is 2.68. The summed E-state index contributed by atoms with van der Waals surface area (Å²) in [6.07, 6.45) is 7.56. The molecule has 0 aromatic heterocycles. The molecule has 29 heavy (non-hydrogen) atoms. The molecule has 0 aromatic rings. The summed E-state index contributed by atoms with van der Waals surface area (Å²) in [7, 11) is 1.46. The number of esters is 1. The highest BCUT2D eigenvalue weighted by Gasteiger charge is 2.62. The van der Waals surface area contributed by atoms with E-state index in [2.05, 4.69) is 20.8 Å². The lowest BCUT2D eigenvalue weighted by Gasteiger charge is -2.62. The lowest BCUT2D eigenvalue weighted by Crippen LogP contribution is -2.58. The average Bonchev–Trinajstić information content (AvgIpc) is 3.04. The first-order chi connectivity index (χ1) is 14.1. The summed E-state index contributed by atoms with van der Waals surface area (Å²) in [6, 6.07) is 0. The van der Waals surface area contributed by atoms with Crippen molar-refractivity contribution in [2.24, 2.45) is 46.3 Å². The number of aliphatic hydroxyl groups is 1. The fourth-order valence-electron chi connectivity index (χ4n) is 8.34. The van der Waals surface area contributed by atoms with Gasteiger partial charge in [0.05, 0.1) is 13.2 Å². The number of ketones is 1. The number of aliphatic hydroxyl groups excluding tert-OH is 1. The highest BCUT2D eigenvalue weighted by atomic mass is 16.5. The first kappa shape index (κ1) is 20.0. The monoisotopic (exact) mass is 405 g/mol. The molecule has 4 heteroatoms. The average molecular weight is 406 g/mol. The van der Waals surface area contributed by atoms with E-state index in [1.54, 1.807) is 0 Å². The first-order valence-electron chi connectivity index (χ1n) is 12.3. The third-order valence-electron chi connectivity index (χ3n) is 9.98. The summed E-state index contributed by atoms with van der Waals surface area (Å²) in [6.45, 7) is 6.97. The topological polar surface area (TPSA) is 63.6 Å². The minimum absolute atomic E-state index is 0.125. The van der Waals surface area contributed by atoms with Gasteiger partial charge in [0.1, 0.15) is 5.78 Å². The summed E-state index contributed by atoms with van der Waals surface area (Å²) < 4.78 is 14.0. The van der Waals surface area contributed by atoms with E-state index in [-0.39, 0.29) is 28.5 Å². The van der Waals surface area contributed by atoms with E-state index in [0.29, 0.717) is 49.4 Å². The highest BCUT2D eigenvalue weighted by molar-refractivity contribution is 5.79. The second-order valence-electron chi connectivity index (χ2n) is 11.1. The fraction of sp³-hybridized carbons (Fsp3) is 0.920. The molecule has 0 heterocycles. The molecule has 0 aromatic carbocycles. The van der Waals surface area contributed by atoms with Crippen molar-refractivity contribution in [2.75, 3.05) is 7.11 Å². The van der Waals surface area contributed by atoms with E-state index in [1.807, 2.05) is 0 Å². The van der Waals surface area contributed by atoms with Gasteiger partial charge in [0.15, 0.2) is 0 Å². The molecular formula is C25H40O4. The van der Waals surface area contributed by atoms with Crippen molar-refractivity contribution in [3.8, 4) is 0 Å². The zero-order valence-electron chi connectivity index (χ0n) is 19.7. The van der Waals surface area contributed by atoms with Crippen LogP contribution in [-0.2, 0) is 14.3 Å². The van der Waals surface area contributed by atoms with Crippen LogP contribution < -0.4 is 0 Å². The molecule has 0 aliphatic heterocycles. The normalized spacial score (nSPS) is 50.7. The van der Waals surface area contributed by atoms with Crippen molar-refractivity contribution in [1.29, 1.82) is 0 Å². The van der Waals surface area contributed by atoms with E-state index >= 15 is 0 Å². The van der Waals surface area contributed by atoms with Gasteiger partial charge in [-0.15, -0.1) is 0 Å². The predicted octanol–water partition coefficient (Wildman–Crippen LogP) is 4.77. The maximum absolute atomic E-state index is 12.2. The van der Waals surface area contributed by atoms with Gasteiger partial charge in [-0.1, -0.05) is 20.8 Å². The van der Waals surface area contributed by atoms with E-state index in [1.165, 1.54) is 13.5 Å². The molecule has 4 fully saturated rings. The standard InChI is InChI=1S/C25H40O4/c1-15(5-8-22(28)29-4)18-6-7-19-23-20(10-12-25(18,19)3)24(2)11-9-17(26)13-16(24)14-21(23)27/h15-16,18-21,23,27H,5-14H2,1-4H3/t15-,16-,18-,19?,20?,21?,23?,24+,25-/m1/s1/i16D. The second kappa shape index (κ2) is 7.66. The van der Waals surface area contributed by atoms with Crippen LogP contribution in [0.2, 0.25) is 0 Å². The molecule has 1 N–H and O–H groups in total. The molecule has 0 spiro atoms. The third-order valence-corrected chi connectivity index (χ3v) is 9.98. The van der Waals surface area contributed by atoms with Crippen LogP contribution in [0.1, 0.15) is 86.4 Å². The molecule has 4 rings (SSSR count). The largest absolute Gasteiger partial charge is 0.469 e. The molecule has 4 aliphatic rings. The second-order valence-corrected chi connectivity index (χ2v) is 11.1. The van der Waals surface area contributed by atoms with Crippen LogP contribution in [0.3, 0.4) is 0 Å². The number of fused-ring (bicyclic) bond motifs is 5. The zero-order chi connectivity index (χ0) is 21.9. The van der Waals surface area contributed by atoms with Crippen LogP contribution in [0.5, 0.6) is 0 Å². The van der Waals surface area contributed by atoms with E-state index in [9.17, 15) is 16.1 Å². The van der Waals surface area contributed by atoms with Gasteiger partial charge < -0.3 is 9.84 Å². The van der Waals surface area contributed by atoms with Crippen LogP contribution in [-0.4, -0.2) is 30.1 Å². The number of Topliss-reactive ketones (excluding diaryl/α,β-unsaturated/α-hetero) is 1. The molecule has 0 bridgehead atoms. The van der Waals surface area contributed by atoms with Crippen LogP contribution in [0.4, 0.5) is 0 Å². The zero-order valence-corrected chi connectivity index (χ0v) is 18.7. The molecule has 4 saturated carbocycles. The van der Waals surface area contributed by atoms with Crippen LogP contribution in [0.15, 0.2) is 0 Å². The van der Waals surface area contributed by atoms with Crippen LogP contribution in [0.25, 0.3) is 0 Å². The number of rotatable bonds is 4. The number of carbonyl (C=O) groups is 2. The SMILES string of the molecule is [2H][C@]12CC(=O)CC[C@]1(C)C1CC[C@@]3(C)C(CC[C@@H]3[C@H](C)CCC(=O)OC)C1C(O)C2. The van der Waals surface area contributed by atoms with Gasteiger partial charge in [-0.2, -0.15) is 0 Å². The molecule has 0 saturated heterocycles. The Morgan fingerprint density at radius 2 is 1.97 bits per heavy atom. The van der Waals surface area contributed by atoms with Crippen LogP contribution in [0, 0.1) is 46.3 Å². The predicted molar refractivity (Wildman–Crippen MR) is 112 cm³/mol. The van der Waals surface area contributed by atoms with E-state index in [0.717, 1.165) is 32.1 Å². The van der Waals surface area contributed by atoms with Crippen molar-refractivity contribution < 1.29 is 20.8 Å². The molecule has 4 unspecified atom stereocenters. The minimum Gasteiger partial charge on any atom is -0.469 e. The Labute approximate surface area is 177 Å². The Morgan fingerprint density at radius 3 is 2.69 bits per heavy atom. The Balaban J connectivity index is 1.56. The minimum atomic E-state index is -0.803. The number of ether oxygens (including phenoxy) is 1. The van der Waals surface area contributed by atoms with Gasteiger partial charge in [-0.3, -0.25) is 9.59 Å².